The second-order valence-electron chi connectivity index (χ2n) is 2.49. The molecule has 2 heterocycles. The van der Waals surface area contributed by atoms with Crippen LogP contribution < -0.4 is 0 Å². The van der Waals surface area contributed by atoms with Gasteiger partial charge in [0.05, 0.1) is 6.61 Å². The third-order valence-electron chi connectivity index (χ3n) is 1.82. The van der Waals surface area contributed by atoms with Crippen molar-refractivity contribution in [1.82, 2.24) is 5.16 Å². The molecular formula is C7H9NO2S. The summed E-state index contributed by atoms with van der Waals surface area (Å²) in [5, 5.41) is 12.6. The Morgan fingerprint density at radius 1 is 1.64 bits per heavy atom. The lowest BCUT2D eigenvalue weighted by Gasteiger charge is -2.07. The topological polar surface area (TPSA) is 46.3 Å². The number of aromatic nitrogens is 1. The molecular weight excluding hydrogens is 162 g/mol. The van der Waals surface area contributed by atoms with E-state index in [0.29, 0.717) is 5.69 Å². The molecule has 0 atom stereocenters. The summed E-state index contributed by atoms with van der Waals surface area (Å²) in [6.45, 7) is -0.000602. The van der Waals surface area contributed by atoms with Gasteiger partial charge >= 0.3 is 0 Å². The van der Waals surface area contributed by atoms with Gasteiger partial charge in [0, 0.05) is 23.5 Å². The molecule has 0 bridgehead atoms. The Morgan fingerprint density at radius 3 is 3.36 bits per heavy atom. The molecule has 1 aliphatic rings. The van der Waals surface area contributed by atoms with Gasteiger partial charge in [-0.3, -0.25) is 0 Å². The van der Waals surface area contributed by atoms with Crippen molar-refractivity contribution in [3.8, 4) is 0 Å². The van der Waals surface area contributed by atoms with Crippen LogP contribution in [-0.2, 0) is 18.8 Å². The van der Waals surface area contributed by atoms with Crippen LogP contribution in [0.1, 0.15) is 17.0 Å². The van der Waals surface area contributed by atoms with E-state index in [0.717, 1.165) is 29.3 Å². The van der Waals surface area contributed by atoms with E-state index in [1.165, 1.54) is 0 Å². The van der Waals surface area contributed by atoms with Crippen molar-refractivity contribution in [2.24, 2.45) is 0 Å². The molecule has 1 aromatic rings. The van der Waals surface area contributed by atoms with Gasteiger partial charge in [-0.05, 0) is 0 Å². The van der Waals surface area contributed by atoms with Gasteiger partial charge in [0.15, 0.2) is 0 Å². The maximum atomic E-state index is 8.85. The number of hydrogen-bond acceptors (Lipinski definition) is 4. The highest BCUT2D eigenvalue weighted by molar-refractivity contribution is 7.98. The standard InChI is InChI=1S/C7H9NO2S/c9-3-6-5-4-11-2-1-7(5)10-8-6/h9H,1-4H2. The quantitative estimate of drug-likeness (QED) is 0.683. The Labute approximate surface area is 68.8 Å². The molecule has 3 nitrogen and oxygen atoms in total. The van der Waals surface area contributed by atoms with Gasteiger partial charge in [0.1, 0.15) is 11.5 Å². The summed E-state index contributed by atoms with van der Waals surface area (Å²) in [6.07, 6.45) is 0.951. The van der Waals surface area contributed by atoms with E-state index in [2.05, 4.69) is 5.16 Å². The monoisotopic (exact) mass is 171 g/mol. The summed E-state index contributed by atoms with van der Waals surface area (Å²) in [5.41, 5.74) is 1.83. The maximum Gasteiger partial charge on any atom is 0.141 e. The van der Waals surface area contributed by atoms with Gasteiger partial charge in [-0.25, -0.2) is 0 Å². The Hall–Kier alpha value is -0.480. The number of fused-ring (bicyclic) bond motifs is 1. The number of nitrogens with zero attached hydrogens (tertiary/aromatic N) is 1. The summed E-state index contributed by atoms with van der Waals surface area (Å²) in [5.74, 6) is 3.01. The van der Waals surface area contributed by atoms with Crippen molar-refractivity contribution in [2.45, 2.75) is 18.8 Å². The van der Waals surface area contributed by atoms with E-state index in [4.69, 9.17) is 9.63 Å². The van der Waals surface area contributed by atoms with Crippen molar-refractivity contribution in [1.29, 1.82) is 0 Å². The molecule has 60 valence electrons. The van der Waals surface area contributed by atoms with Crippen LogP contribution in [0.25, 0.3) is 0 Å². The fourth-order valence-electron chi connectivity index (χ4n) is 1.21. The van der Waals surface area contributed by atoms with E-state index in [-0.39, 0.29) is 6.61 Å². The molecule has 0 aromatic carbocycles. The van der Waals surface area contributed by atoms with Crippen LogP contribution in [-0.4, -0.2) is 16.0 Å². The summed E-state index contributed by atoms with van der Waals surface area (Å²) < 4.78 is 5.05. The van der Waals surface area contributed by atoms with E-state index in [1.54, 1.807) is 0 Å². The summed E-state index contributed by atoms with van der Waals surface area (Å²) >= 11 is 1.86. The van der Waals surface area contributed by atoms with E-state index in [9.17, 15) is 0 Å². The highest BCUT2D eigenvalue weighted by Gasteiger charge is 2.18. The van der Waals surface area contributed by atoms with Crippen molar-refractivity contribution >= 4 is 11.8 Å². The van der Waals surface area contributed by atoms with Gasteiger partial charge in [-0.15, -0.1) is 0 Å². The van der Waals surface area contributed by atoms with Gasteiger partial charge in [-0.2, -0.15) is 11.8 Å². The number of aryl methyl sites for hydroxylation is 1. The smallest absolute Gasteiger partial charge is 0.141 e. The molecule has 1 N–H and O–H groups in total. The molecule has 4 heteroatoms. The molecule has 0 amide bonds. The van der Waals surface area contributed by atoms with Crippen LogP contribution >= 0.6 is 11.8 Å². The number of thioether (sulfide) groups is 1. The molecule has 0 saturated heterocycles. The van der Waals surface area contributed by atoms with Crippen molar-refractivity contribution in [2.75, 3.05) is 5.75 Å². The first kappa shape index (κ1) is 7.18. The first-order chi connectivity index (χ1) is 5.42. The first-order valence-electron chi connectivity index (χ1n) is 3.56. The second kappa shape index (κ2) is 2.87. The number of aliphatic hydroxyl groups is 1. The molecule has 0 saturated carbocycles. The predicted molar refractivity (Wildman–Crippen MR) is 42.3 cm³/mol. The van der Waals surface area contributed by atoms with Crippen LogP contribution in [0.4, 0.5) is 0 Å². The fourth-order valence-corrected chi connectivity index (χ4v) is 2.21. The van der Waals surface area contributed by atoms with Crippen LogP contribution in [0.5, 0.6) is 0 Å². The third kappa shape index (κ3) is 1.16. The lowest BCUT2D eigenvalue weighted by molar-refractivity contribution is 0.265. The molecule has 11 heavy (non-hydrogen) atoms. The molecule has 1 aliphatic heterocycles. The molecule has 0 unspecified atom stereocenters. The minimum Gasteiger partial charge on any atom is -0.390 e. The number of hydrogen-bond donors (Lipinski definition) is 1. The van der Waals surface area contributed by atoms with Crippen molar-refractivity contribution in [3.63, 3.8) is 0 Å². The Kier molecular flexibility index (Phi) is 1.87. The van der Waals surface area contributed by atoms with E-state index >= 15 is 0 Å². The minimum absolute atomic E-state index is 0.000602. The fraction of sp³-hybridized carbons (Fsp3) is 0.571. The van der Waals surface area contributed by atoms with Crippen LogP contribution in [0.3, 0.4) is 0 Å². The van der Waals surface area contributed by atoms with Crippen molar-refractivity contribution < 1.29 is 9.63 Å². The largest absolute Gasteiger partial charge is 0.390 e. The van der Waals surface area contributed by atoms with Crippen molar-refractivity contribution in [3.05, 3.63) is 17.0 Å². The zero-order valence-corrected chi connectivity index (χ0v) is 6.86. The summed E-state index contributed by atoms with van der Waals surface area (Å²) in [7, 11) is 0. The average molecular weight is 171 g/mol. The lowest BCUT2D eigenvalue weighted by Crippen LogP contribution is -2.00. The Morgan fingerprint density at radius 2 is 2.55 bits per heavy atom. The van der Waals surface area contributed by atoms with Crippen LogP contribution in [0.2, 0.25) is 0 Å². The number of rotatable bonds is 1. The van der Waals surface area contributed by atoms with Crippen LogP contribution in [0, 0.1) is 0 Å². The second-order valence-corrected chi connectivity index (χ2v) is 3.60. The molecule has 0 radical (unpaired) electrons. The van der Waals surface area contributed by atoms with Gasteiger partial charge in [-0.1, -0.05) is 5.16 Å². The minimum atomic E-state index is -0.000602. The highest BCUT2D eigenvalue weighted by atomic mass is 32.2. The molecule has 1 aromatic heterocycles. The predicted octanol–water partition coefficient (Wildman–Crippen LogP) is 0.956. The molecule has 0 fully saturated rings. The normalized spacial score (nSPS) is 16.5. The molecule has 0 aliphatic carbocycles. The Bertz CT molecular complexity index is 245. The van der Waals surface area contributed by atoms with Gasteiger partial charge in [0.25, 0.3) is 0 Å². The maximum absolute atomic E-state index is 8.85. The summed E-state index contributed by atoms with van der Waals surface area (Å²) in [4.78, 5) is 0. The van der Waals surface area contributed by atoms with E-state index in [1.807, 2.05) is 11.8 Å². The van der Waals surface area contributed by atoms with E-state index < -0.39 is 0 Å². The lowest BCUT2D eigenvalue weighted by atomic mass is 10.2. The summed E-state index contributed by atoms with van der Waals surface area (Å²) in [6, 6.07) is 0. The SMILES string of the molecule is OCc1noc2c1CSCC2. The van der Waals surface area contributed by atoms with Gasteiger partial charge in [0.2, 0.25) is 0 Å². The molecule has 2 rings (SSSR count). The highest BCUT2D eigenvalue weighted by Crippen LogP contribution is 2.26. The van der Waals surface area contributed by atoms with Crippen LogP contribution in [0.15, 0.2) is 4.52 Å². The Balaban J connectivity index is 2.38. The number of aliphatic hydroxyl groups excluding tert-OH is 1. The average Bonchev–Trinajstić information content (AvgIpc) is 2.47. The van der Waals surface area contributed by atoms with Gasteiger partial charge < -0.3 is 9.63 Å². The third-order valence-corrected chi connectivity index (χ3v) is 2.81. The first-order valence-corrected chi connectivity index (χ1v) is 4.72. The molecule has 0 spiro atoms. The zero-order valence-electron chi connectivity index (χ0n) is 6.04. The zero-order chi connectivity index (χ0) is 7.68.